The number of amides is 1. The molecule has 1 aliphatic rings. The maximum Gasteiger partial charge on any atom is 0.410 e. The molecule has 0 aromatic carbocycles. The lowest BCUT2D eigenvalue weighted by molar-refractivity contribution is -0.0141. The van der Waals surface area contributed by atoms with Crippen LogP contribution in [0.3, 0.4) is 0 Å². The molecular weight excluding hydrogens is 246 g/mol. The summed E-state index contributed by atoms with van der Waals surface area (Å²) in [5.41, 5.74) is -0.457. The maximum atomic E-state index is 11.9. The average Bonchev–Trinajstić information content (AvgIpc) is 2.59. The fourth-order valence-electron chi connectivity index (χ4n) is 1.84. The van der Waals surface area contributed by atoms with Gasteiger partial charge in [-0.1, -0.05) is 0 Å². The van der Waals surface area contributed by atoms with Crippen LogP contribution in [0, 0.1) is 0 Å². The van der Waals surface area contributed by atoms with E-state index in [1.807, 2.05) is 27.8 Å². The van der Waals surface area contributed by atoms with E-state index >= 15 is 0 Å². The van der Waals surface area contributed by atoms with Crippen molar-refractivity contribution < 1.29 is 14.3 Å². The highest BCUT2D eigenvalue weighted by atomic mass is 16.6. The summed E-state index contributed by atoms with van der Waals surface area (Å²) in [5.74, 6) is 0.721. The first-order valence-corrected chi connectivity index (χ1v) is 6.46. The van der Waals surface area contributed by atoms with Crippen LogP contribution >= 0.6 is 0 Å². The van der Waals surface area contributed by atoms with Gasteiger partial charge < -0.3 is 14.4 Å². The van der Waals surface area contributed by atoms with E-state index in [0.29, 0.717) is 6.61 Å². The van der Waals surface area contributed by atoms with Crippen LogP contribution in [0.15, 0.2) is 12.4 Å². The highest BCUT2D eigenvalue weighted by Gasteiger charge is 2.35. The fraction of sp³-hybridized carbons (Fsp3) is 0.692. The van der Waals surface area contributed by atoms with Crippen molar-refractivity contribution in [3.63, 3.8) is 0 Å². The highest BCUT2D eigenvalue weighted by molar-refractivity contribution is 5.69. The van der Waals surface area contributed by atoms with Gasteiger partial charge in [0.2, 0.25) is 0 Å². The largest absolute Gasteiger partial charge is 0.488 e. The lowest BCUT2D eigenvalue weighted by Crippen LogP contribution is -2.55. The third-order valence-electron chi connectivity index (χ3n) is 2.90. The Balaban J connectivity index is 1.80. The second-order valence-corrected chi connectivity index (χ2v) is 5.78. The number of aromatic nitrogens is 2. The standard InChI is InChI=1S/C13H21N3O3/c1-13(2,3)19-12(17)16-6-5-10(16)9-18-11-7-14-15(4)8-11/h7-8,10H,5-6,9H2,1-4H3. The second kappa shape index (κ2) is 5.11. The van der Waals surface area contributed by atoms with Crippen molar-refractivity contribution in [2.24, 2.45) is 7.05 Å². The minimum absolute atomic E-state index is 0.0926. The van der Waals surface area contributed by atoms with E-state index in [1.54, 1.807) is 22.0 Å². The van der Waals surface area contributed by atoms with Crippen LogP contribution in [0.2, 0.25) is 0 Å². The molecule has 0 radical (unpaired) electrons. The number of nitrogens with zero attached hydrogens (tertiary/aromatic N) is 3. The predicted octanol–water partition coefficient (Wildman–Crippen LogP) is 1.81. The molecule has 1 amide bonds. The van der Waals surface area contributed by atoms with Gasteiger partial charge in [0.1, 0.15) is 12.2 Å². The molecular formula is C13H21N3O3. The molecule has 19 heavy (non-hydrogen) atoms. The van der Waals surface area contributed by atoms with Crippen LogP contribution in [-0.2, 0) is 11.8 Å². The number of carbonyl (C=O) groups excluding carboxylic acids is 1. The van der Waals surface area contributed by atoms with Crippen molar-refractivity contribution in [3.8, 4) is 5.75 Å². The summed E-state index contributed by atoms with van der Waals surface area (Å²) in [5, 5.41) is 4.03. The summed E-state index contributed by atoms with van der Waals surface area (Å²) in [6.45, 7) is 6.81. The third kappa shape index (κ3) is 3.62. The summed E-state index contributed by atoms with van der Waals surface area (Å²) in [7, 11) is 1.84. The van der Waals surface area contributed by atoms with Crippen LogP contribution in [0.1, 0.15) is 27.2 Å². The molecule has 2 rings (SSSR count). The van der Waals surface area contributed by atoms with Gasteiger partial charge in [0.05, 0.1) is 18.4 Å². The van der Waals surface area contributed by atoms with Crippen molar-refractivity contribution in [1.29, 1.82) is 0 Å². The second-order valence-electron chi connectivity index (χ2n) is 5.78. The van der Waals surface area contributed by atoms with E-state index < -0.39 is 5.60 Å². The van der Waals surface area contributed by atoms with Gasteiger partial charge in [-0.2, -0.15) is 5.10 Å². The molecule has 0 spiro atoms. The van der Waals surface area contributed by atoms with Gasteiger partial charge in [-0.25, -0.2) is 4.79 Å². The fourth-order valence-corrected chi connectivity index (χ4v) is 1.84. The Hall–Kier alpha value is -1.72. The smallest absolute Gasteiger partial charge is 0.410 e. The first-order valence-electron chi connectivity index (χ1n) is 6.46. The van der Waals surface area contributed by atoms with E-state index in [0.717, 1.165) is 18.7 Å². The predicted molar refractivity (Wildman–Crippen MR) is 70.0 cm³/mol. The number of likely N-dealkylation sites (tertiary alicyclic amines) is 1. The van der Waals surface area contributed by atoms with Gasteiger partial charge in [-0.05, 0) is 27.2 Å². The van der Waals surface area contributed by atoms with Crippen molar-refractivity contribution in [2.45, 2.75) is 38.8 Å². The van der Waals surface area contributed by atoms with E-state index in [2.05, 4.69) is 5.10 Å². The molecule has 106 valence electrons. The molecule has 1 atom stereocenters. The topological polar surface area (TPSA) is 56.6 Å². The van der Waals surface area contributed by atoms with Gasteiger partial charge in [0, 0.05) is 13.6 Å². The molecule has 1 fully saturated rings. The SMILES string of the molecule is Cn1cc(OCC2CCN2C(=O)OC(C)(C)C)cn1. The molecule has 0 aliphatic carbocycles. The van der Waals surface area contributed by atoms with E-state index in [9.17, 15) is 4.79 Å². The van der Waals surface area contributed by atoms with Crippen molar-refractivity contribution in [2.75, 3.05) is 13.2 Å². The lowest BCUT2D eigenvalue weighted by Gasteiger charge is -2.40. The molecule has 0 N–H and O–H groups in total. The quantitative estimate of drug-likeness (QED) is 0.838. The zero-order valence-corrected chi connectivity index (χ0v) is 11.9. The number of hydrogen-bond donors (Lipinski definition) is 0. The summed E-state index contributed by atoms with van der Waals surface area (Å²) in [6.07, 6.45) is 4.14. The van der Waals surface area contributed by atoms with E-state index in [4.69, 9.17) is 9.47 Å². The monoisotopic (exact) mass is 267 g/mol. The Morgan fingerprint density at radius 1 is 1.53 bits per heavy atom. The average molecular weight is 267 g/mol. The van der Waals surface area contributed by atoms with Gasteiger partial charge >= 0.3 is 6.09 Å². The molecule has 6 nitrogen and oxygen atoms in total. The zero-order chi connectivity index (χ0) is 14.0. The summed E-state index contributed by atoms with van der Waals surface area (Å²) in [6, 6.07) is 0.0926. The number of aryl methyl sites for hydroxylation is 1. The lowest BCUT2D eigenvalue weighted by atomic mass is 10.1. The molecule has 1 unspecified atom stereocenters. The van der Waals surface area contributed by atoms with Crippen LogP contribution in [0.5, 0.6) is 5.75 Å². The van der Waals surface area contributed by atoms with Crippen LogP contribution in [0.4, 0.5) is 4.79 Å². The Labute approximate surface area is 113 Å². The summed E-state index contributed by atoms with van der Waals surface area (Å²) >= 11 is 0. The molecule has 1 aliphatic heterocycles. The number of carbonyl (C=O) groups is 1. The van der Waals surface area contributed by atoms with Crippen molar-refractivity contribution in [3.05, 3.63) is 12.4 Å². The number of hydrogen-bond acceptors (Lipinski definition) is 4. The Morgan fingerprint density at radius 3 is 2.74 bits per heavy atom. The van der Waals surface area contributed by atoms with Gasteiger partial charge in [0.25, 0.3) is 0 Å². The molecule has 1 aromatic rings. The molecule has 1 aromatic heterocycles. The maximum absolute atomic E-state index is 11.9. The molecule has 0 saturated carbocycles. The number of ether oxygens (including phenoxy) is 2. The Morgan fingerprint density at radius 2 is 2.26 bits per heavy atom. The van der Waals surface area contributed by atoms with Crippen molar-refractivity contribution in [1.82, 2.24) is 14.7 Å². The Kier molecular flexibility index (Phi) is 3.68. The first-order chi connectivity index (χ1) is 8.85. The highest BCUT2D eigenvalue weighted by Crippen LogP contribution is 2.22. The molecule has 0 bridgehead atoms. The van der Waals surface area contributed by atoms with Gasteiger partial charge in [-0.3, -0.25) is 4.68 Å². The summed E-state index contributed by atoms with van der Waals surface area (Å²) in [4.78, 5) is 13.6. The third-order valence-corrected chi connectivity index (χ3v) is 2.90. The first kappa shape index (κ1) is 13.7. The zero-order valence-electron chi connectivity index (χ0n) is 11.9. The molecule has 2 heterocycles. The normalized spacial score (nSPS) is 18.9. The van der Waals surface area contributed by atoms with Crippen LogP contribution in [-0.4, -0.2) is 45.6 Å². The van der Waals surface area contributed by atoms with Crippen molar-refractivity contribution >= 4 is 6.09 Å². The number of rotatable bonds is 3. The van der Waals surface area contributed by atoms with Gasteiger partial charge in [0.15, 0.2) is 5.75 Å². The van der Waals surface area contributed by atoms with Gasteiger partial charge in [-0.15, -0.1) is 0 Å². The minimum atomic E-state index is -0.457. The van der Waals surface area contributed by atoms with Crippen LogP contribution in [0.25, 0.3) is 0 Å². The summed E-state index contributed by atoms with van der Waals surface area (Å²) < 4.78 is 12.6. The molecule has 6 heteroatoms. The van der Waals surface area contributed by atoms with E-state index in [-0.39, 0.29) is 12.1 Å². The minimum Gasteiger partial charge on any atom is -0.488 e. The van der Waals surface area contributed by atoms with Crippen LogP contribution < -0.4 is 4.74 Å². The van der Waals surface area contributed by atoms with E-state index in [1.165, 1.54) is 0 Å². The molecule has 1 saturated heterocycles. The Bertz CT molecular complexity index is 450.